The van der Waals surface area contributed by atoms with Crippen LogP contribution in [0.1, 0.15) is 56.5 Å². The van der Waals surface area contributed by atoms with Gasteiger partial charge < -0.3 is 20.1 Å². The highest BCUT2D eigenvalue weighted by Crippen LogP contribution is 2.28. The maximum Gasteiger partial charge on any atom is 0.255 e. The molecular weight excluding hydrogens is 418 g/mol. The molecule has 1 fully saturated rings. The summed E-state index contributed by atoms with van der Waals surface area (Å²) >= 11 is 0. The van der Waals surface area contributed by atoms with Crippen molar-refractivity contribution in [1.82, 2.24) is 20.1 Å². The second-order valence-corrected chi connectivity index (χ2v) is 9.32. The number of hydrogen-bond donors (Lipinski definition) is 2. The van der Waals surface area contributed by atoms with Crippen molar-refractivity contribution >= 4 is 22.6 Å². The van der Waals surface area contributed by atoms with Crippen LogP contribution in [0, 0.1) is 0 Å². The van der Waals surface area contributed by atoms with Crippen LogP contribution >= 0.6 is 0 Å². The van der Waals surface area contributed by atoms with Gasteiger partial charge in [-0.25, -0.2) is 9.67 Å². The number of pyridine rings is 1. The summed E-state index contributed by atoms with van der Waals surface area (Å²) in [6.07, 6.45) is 5.23. The number of carbonyl (C=O) groups excluding carboxylic acids is 1. The van der Waals surface area contributed by atoms with Crippen LogP contribution in [0.5, 0.6) is 5.75 Å². The molecule has 176 valence electrons. The van der Waals surface area contributed by atoms with Gasteiger partial charge in [0.2, 0.25) is 0 Å². The number of benzene rings is 1. The van der Waals surface area contributed by atoms with Gasteiger partial charge in [-0.05, 0) is 58.2 Å². The van der Waals surface area contributed by atoms with Crippen LogP contribution in [-0.2, 0) is 17.8 Å². The van der Waals surface area contributed by atoms with E-state index in [4.69, 9.17) is 9.47 Å². The predicted octanol–water partition coefficient (Wildman–Crippen LogP) is 4.15. The van der Waals surface area contributed by atoms with E-state index in [2.05, 4.69) is 20.7 Å². The Hall–Kier alpha value is -3.13. The first-order valence-electron chi connectivity index (χ1n) is 11.6. The molecule has 33 heavy (non-hydrogen) atoms. The molecule has 0 aliphatic carbocycles. The molecule has 0 atom stereocenters. The van der Waals surface area contributed by atoms with Crippen LogP contribution in [0.15, 0.2) is 36.7 Å². The number of carbonyl (C=O) groups is 1. The smallest absolute Gasteiger partial charge is 0.255 e. The molecule has 0 bridgehead atoms. The third-order valence-corrected chi connectivity index (χ3v) is 5.56. The largest absolute Gasteiger partial charge is 0.488 e. The van der Waals surface area contributed by atoms with Crippen molar-refractivity contribution in [2.45, 2.75) is 65.3 Å². The standard InChI is InChI=1S/C25H33N5O3/c1-5-30-23-20(16-28-30)22(29-18-9-11-32-12-10-18)21(15-26-23)24(31)27-14-17-7-6-8-19(13-17)33-25(2,3)4/h6-8,13,15-16,18H,5,9-12,14H2,1-4H3,(H,26,29)(H,27,31). The van der Waals surface area contributed by atoms with E-state index < -0.39 is 0 Å². The Kier molecular flexibility index (Phi) is 6.83. The fraction of sp³-hybridized carbons (Fsp3) is 0.480. The van der Waals surface area contributed by atoms with Gasteiger partial charge in [0.1, 0.15) is 11.4 Å². The van der Waals surface area contributed by atoms with E-state index in [1.54, 1.807) is 12.4 Å². The van der Waals surface area contributed by atoms with E-state index in [0.717, 1.165) is 40.9 Å². The topological polar surface area (TPSA) is 90.3 Å². The summed E-state index contributed by atoms with van der Waals surface area (Å²) in [7, 11) is 0. The number of amides is 1. The summed E-state index contributed by atoms with van der Waals surface area (Å²) in [6.45, 7) is 10.6. The minimum Gasteiger partial charge on any atom is -0.488 e. The molecule has 1 aliphatic rings. The quantitative estimate of drug-likeness (QED) is 0.561. The zero-order valence-corrected chi connectivity index (χ0v) is 19.9. The van der Waals surface area contributed by atoms with Gasteiger partial charge in [-0.1, -0.05) is 12.1 Å². The van der Waals surface area contributed by atoms with Gasteiger partial charge in [0.25, 0.3) is 5.91 Å². The van der Waals surface area contributed by atoms with E-state index in [1.807, 2.05) is 56.6 Å². The maximum atomic E-state index is 13.2. The lowest BCUT2D eigenvalue weighted by molar-refractivity contribution is 0.0903. The minimum absolute atomic E-state index is 0.176. The van der Waals surface area contributed by atoms with E-state index in [-0.39, 0.29) is 17.6 Å². The van der Waals surface area contributed by atoms with Gasteiger partial charge in [0.05, 0.1) is 22.8 Å². The van der Waals surface area contributed by atoms with E-state index in [9.17, 15) is 4.79 Å². The predicted molar refractivity (Wildman–Crippen MR) is 129 cm³/mol. The molecule has 3 heterocycles. The number of aryl methyl sites for hydroxylation is 1. The molecule has 1 aromatic carbocycles. The third kappa shape index (κ3) is 5.63. The lowest BCUT2D eigenvalue weighted by Crippen LogP contribution is -2.30. The lowest BCUT2D eigenvalue weighted by atomic mass is 10.1. The summed E-state index contributed by atoms with van der Waals surface area (Å²) < 4.78 is 13.3. The van der Waals surface area contributed by atoms with Gasteiger partial charge in [-0.3, -0.25) is 4.79 Å². The van der Waals surface area contributed by atoms with Crippen LogP contribution in [0.2, 0.25) is 0 Å². The Morgan fingerprint density at radius 2 is 2.03 bits per heavy atom. The Morgan fingerprint density at radius 1 is 1.24 bits per heavy atom. The summed E-state index contributed by atoms with van der Waals surface area (Å²) in [4.78, 5) is 17.8. The first-order chi connectivity index (χ1) is 15.8. The lowest BCUT2D eigenvalue weighted by Gasteiger charge is -2.25. The van der Waals surface area contributed by atoms with Crippen LogP contribution in [0.4, 0.5) is 5.69 Å². The molecule has 8 nitrogen and oxygen atoms in total. The van der Waals surface area contributed by atoms with Gasteiger partial charge in [0.15, 0.2) is 5.65 Å². The van der Waals surface area contributed by atoms with Crippen molar-refractivity contribution in [3.05, 3.63) is 47.8 Å². The molecule has 4 rings (SSSR count). The fourth-order valence-electron chi connectivity index (χ4n) is 3.98. The van der Waals surface area contributed by atoms with Gasteiger partial charge in [0, 0.05) is 38.5 Å². The van der Waals surface area contributed by atoms with E-state index in [0.29, 0.717) is 31.9 Å². The molecule has 3 aromatic rings. The molecule has 0 spiro atoms. The summed E-state index contributed by atoms with van der Waals surface area (Å²) in [6, 6.07) is 8.04. The van der Waals surface area contributed by atoms with Crippen molar-refractivity contribution in [3.63, 3.8) is 0 Å². The third-order valence-electron chi connectivity index (χ3n) is 5.56. The Morgan fingerprint density at radius 3 is 2.76 bits per heavy atom. The molecule has 2 N–H and O–H groups in total. The van der Waals surface area contributed by atoms with Crippen molar-refractivity contribution in [2.75, 3.05) is 18.5 Å². The molecule has 1 saturated heterocycles. The summed E-state index contributed by atoms with van der Waals surface area (Å²) in [5.41, 5.74) is 2.77. The SMILES string of the molecule is CCn1ncc2c(NC3CCOCC3)c(C(=O)NCc3cccc(OC(C)(C)C)c3)cnc21. The zero-order chi connectivity index (χ0) is 23.4. The molecule has 0 radical (unpaired) electrons. The van der Waals surface area contributed by atoms with Crippen LogP contribution < -0.4 is 15.4 Å². The molecule has 1 amide bonds. The Labute approximate surface area is 194 Å². The minimum atomic E-state index is -0.281. The monoisotopic (exact) mass is 451 g/mol. The van der Waals surface area contributed by atoms with Crippen molar-refractivity contribution < 1.29 is 14.3 Å². The highest BCUT2D eigenvalue weighted by molar-refractivity contribution is 6.06. The first-order valence-corrected chi connectivity index (χ1v) is 11.6. The highest BCUT2D eigenvalue weighted by atomic mass is 16.5. The molecule has 1 aliphatic heterocycles. The molecule has 0 unspecified atom stereocenters. The van der Waals surface area contributed by atoms with Crippen LogP contribution in [0.3, 0.4) is 0 Å². The Balaban J connectivity index is 1.56. The Bertz CT molecular complexity index is 1110. The number of hydrogen-bond acceptors (Lipinski definition) is 6. The van der Waals surface area contributed by atoms with Crippen LogP contribution in [-0.4, -0.2) is 45.5 Å². The van der Waals surface area contributed by atoms with Crippen molar-refractivity contribution in [1.29, 1.82) is 0 Å². The first kappa shape index (κ1) is 23.0. The number of anilines is 1. The normalized spacial score (nSPS) is 14.9. The second-order valence-electron chi connectivity index (χ2n) is 9.32. The summed E-state index contributed by atoms with van der Waals surface area (Å²) in [5, 5.41) is 11.9. The van der Waals surface area contributed by atoms with Crippen LogP contribution in [0.25, 0.3) is 11.0 Å². The van der Waals surface area contributed by atoms with Crippen molar-refractivity contribution in [3.8, 4) is 5.75 Å². The molecule has 0 saturated carbocycles. The van der Waals surface area contributed by atoms with Gasteiger partial charge >= 0.3 is 0 Å². The average Bonchev–Trinajstić information content (AvgIpc) is 3.21. The maximum absolute atomic E-state index is 13.2. The number of fused-ring (bicyclic) bond motifs is 1. The summed E-state index contributed by atoms with van der Waals surface area (Å²) in [5.74, 6) is 0.608. The molecular formula is C25H33N5O3. The van der Waals surface area contributed by atoms with Crippen molar-refractivity contribution in [2.24, 2.45) is 0 Å². The number of nitrogens with zero attached hydrogens (tertiary/aromatic N) is 3. The van der Waals surface area contributed by atoms with E-state index in [1.165, 1.54) is 0 Å². The van der Waals surface area contributed by atoms with Gasteiger partial charge in [-0.15, -0.1) is 0 Å². The number of ether oxygens (including phenoxy) is 2. The number of nitrogens with one attached hydrogen (secondary N) is 2. The molecule has 8 heteroatoms. The zero-order valence-electron chi connectivity index (χ0n) is 19.9. The fourth-order valence-corrected chi connectivity index (χ4v) is 3.98. The van der Waals surface area contributed by atoms with E-state index >= 15 is 0 Å². The molecule has 2 aromatic heterocycles. The highest BCUT2D eigenvalue weighted by Gasteiger charge is 2.22. The van der Waals surface area contributed by atoms with Gasteiger partial charge in [-0.2, -0.15) is 5.10 Å². The average molecular weight is 452 g/mol. The number of aromatic nitrogens is 3. The number of rotatable bonds is 7. The second kappa shape index (κ2) is 9.79.